The fourth-order valence-electron chi connectivity index (χ4n) is 7.53. The summed E-state index contributed by atoms with van der Waals surface area (Å²) in [6.45, 7) is 9.94. The van der Waals surface area contributed by atoms with Crippen LogP contribution in [0.2, 0.25) is 0 Å². The van der Waals surface area contributed by atoms with Crippen molar-refractivity contribution in [1.82, 2.24) is 24.0 Å². The summed E-state index contributed by atoms with van der Waals surface area (Å²) in [5.74, 6) is 0. The summed E-state index contributed by atoms with van der Waals surface area (Å²) in [5.41, 5.74) is 13.5. The Kier molecular flexibility index (Phi) is 11.6. The molecule has 47 heavy (non-hydrogen) atoms. The van der Waals surface area contributed by atoms with Gasteiger partial charge in [0.1, 0.15) is 0 Å². The third-order valence-electron chi connectivity index (χ3n) is 9.91. The van der Waals surface area contributed by atoms with Crippen LogP contribution in [0.4, 0.5) is 0 Å². The number of aromatic nitrogens is 4. The molecule has 6 nitrogen and oxygen atoms in total. The fraction of sp³-hybridized carbons (Fsp3) is 0.463. The molecule has 0 unspecified atom stereocenters. The third-order valence-corrected chi connectivity index (χ3v) is 9.91. The van der Waals surface area contributed by atoms with Crippen LogP contribution in [0.1, 0.15) is 95.9 Å². The number of pyridine rings is 2. The van der Waals surface area contributed by atoms with Crippen molar-refractivity contribution in [2.75, 3.05) is 13.1 Å². The fourth-order valence-corrected chi connectivity index (χ4v) is 7.53. The minimum atomic E-state index is 0.748. The molecule has 4 aromatic heterocycles. The number of aryl methyl sites for hydroxylation is 2. The number of fused-ring (bicyclic) bond motifs is 6. The molecule has 0 saturated carbocycles. The molecule has 0 atom stereocenters. The molecule has 2 aromatic carbocycles. The van der Waals surface area contributed by atoms with Crippen molar-refractivity contribution < 1.29 is 0 Å². The molecule has 0 radical (unpaired) electrons. The Hall–Kier alpha value is -3.74. The van der Waals surface area contributed by atoms with E-state index in [0.717, 1.165) is 58.5 Å². The highest BCUT2D eigenvalue weighted by atomic mass is 15.1. The molecule has 6 rings (SSSR count). The molecular formula is C41H54N6. The van der Waals surface area contributed by atoms with E-state index >= 15 is 0 Å². The van der Waals surface area contributed by atoms with E-state index in [-0.39, 0.29) is 0 Å². The van der Waals surface area contributed by atoms with Crippen molar-refractivity contribution >= 4 is 43.6 Å². The van der Waals surface area contributed by atoms with Gasteiger partial charge >= 0.3 is 0 Å². The second kappa shape index (κ2) is 16.4. The molecular weight excluding hydrogens is 576 g/mol. The van der Waals surface area contributed by atoms with E-state index in [1.54, 1.807) is 0 Å². The summed E-state index contributed by atoms with van der Waals surface area (Å²) in [5, 5.41) is 5.29. The molecule has 6 heteroatoms. The van der Waals surface area contributed by atoms with Gasteiger partial charge in [-0.15, -0.1) is 0 Å². The molecule has 248 valence electrons. The van der Waals surface area contributed by atoms with Crippen LogP contribution in [0.15, 0.2) is 73.1 Å². The van der Waals surface area contributed by atoms with Gasteiger partial charge in [-0.25, -0.2) is 0 Å². The van der Waals surface area contributed by atoms with Crippen molar-refractivity contribution in [1.29, 1.82) is 0 Å². The SMILES string of the molecule is CCCCCCn1c2ccccc2c2ccnc(CN(CCCCCN)Cc3nccc4c5ccccc5n(CCCCCC)c34)c21. The van der Waals surface area contributed by atoms with Gasteiger partial charge in [-0.1, -0.05) is 95.2 Å². The van der Waals surface area contributed by atoms with E-state index in [1.165, 1.54) is 106 Å². The predicted octanol–water partition coefficient (Wildman–Crippen LogP) is 9.98. The lowest BCUT2D eigenvalue weighted by Gasteiger charge is -2.23. The Morgan fingerprint density at radius 1 is 0.553 bits per heavy atom. The van der Waals surface area contributed by atoms with Crippen molar-refractivity contribution in [2.45, 2.75) is 111 Å². The zero-order valence-electron chi connectivity index (χ0n) is 28.8. The molecule has 0 amide bonds. The number of benzene rings is 2. The van der Waals surface area contributed by atoms with E-state index in [9.17, 15) is 0 Å². The Labute approximate surface area is 281 Å². The number of hydrogen-bond acceptors (Lipinski definition) is 4. The van der Waals surface area contributed by atoms with Crippen LogP contribution in [0.25, 0.3) is 43.6 Å². The number of hydrogen-bond donors (Lipinski definition) is 1. The molecule has 0 bridgehead atoms. The van der Waals surface area contributed by atoms with Crippen LogP contribution in [-0.4, -0.2) is 37.1 Å². The first-order valence-corrected chi connectivity index (χ1v) is 18.4. The van der Waals surface area contributed by atoms with Gasteiger partial charge in [0.2, 0.25) is 0 Å². The first kappa shape index (κ1) is 33.2. The van der Waals surface area contributed by atoms with E-state index in [2.05, 4.69) is 88.5 Å². The highest BCUT2D eigenvalue weighted by Gasteiger charge is 2.20. The average molecular weight is 631 g/mol. The van der Waals surface area contributed by atoms with Gasteiger partial charge in [-0.3, -0.25) is 14.9 Å². The largest absolute Gasteiger partial charge is 0.339 e. The van der Waals surface area contributed by atoms with Crippen LogP contribution in [0, 0.1) is 0 Å². The van der Waals surface area contributed by atoms with Crippen LogP contribution in [-0.2, 0) is 26.2 Å². The monoisotopic (exact) mass is 630 g/mol. The summed E-state index contributed by atoms with van der Waals surface area (Å²) in [6, 6.07) is 22.2. The summed E-state index contributed by atoms with van der Waals surface area (Å²) in [7, 11) is 0. The molecule has 6 aromatic rings. The normalized spacial score (nSPS) is 12.1. The molecule has 0 aliphatic carbocycles. The molecule has 0 aliphatic rings. The lowest BCUT2D eigenvalue weighted by molar-refractivity contribution is 0.246. The zero-order valence-corrected chi connectivity index (χ0v) is 28.8. The molecule has 2 N–H and O–H groups in total. The lowest BCUT2D eigenvalue weighted by atomic mass is 10.1. The molecule has 0 fully saturated rings. The van der Waals surface area contributed by atoms with Crippen LogP contribution >= 0.6 is 0 Å². The van der Waals surface area contributed by atoms with Crippen molar-refractivity contribution in [3.63, 3.8) is 0 Å². The van der Waals surface area contributed by atoms with Gasteiger partial charge in [0.05, 0.1) is 22.4 Å². The predicted molar refractivity (Wildman–Crippen MR) is 200 cm³/mol. The first-order chi connectivity index (χ1) is 23.2. The van der Waals surface area contributed by atoms with Gasteiger partial charge in [-0.05, 0) is 63.0 Å². The van der Waals surface area contributed by atoms with Crippen LogP contribution in [0.5, 0.6) is 0 Å². The summed E-state index contributed by atoms with van der Waals surface area (Å²) in [6.07, 6.45) is 17.3. The van der Waals surface area contributed by atoms with Crippen molar-refractivity contribution in [2.24, 2.45) is 5.73 Å². The standard InChI is InChI=1S/C41H54N6/c1-3-5-7-16-28-46-38-20-12-10-18-32(38)34-22-25-43-36(40(34)46)30-45(27-15-9-14-24-42)31-37-41-35(23-26-44-37)33-19-11-13-21-39(33)47(41)29-17-8-6-4-2/h10-13,18-23,25-26H,3-9,14-17,24,27-31,42H2,1-2H3. The summed E-state index contributed by atoms with van der Waals surface area (Å²) >= 11 is 0. The van der Waals surface area contributed by atoms with Gasteiger partial charge in [-0.2, -0.15) is 0 Å². The number of nitrogens with two attached hydrogens (primary N) is 1. The van der Waals surface area contributed by atoms with Gasteiger partial charge in [0, 0.05) is 71.2 Å². The number of nitrogens with zero attached hydrogens (tertiary/aromatic N) is 5. The van der Waals surface area contributed by atoms with Gasteiger partial charge in [0.15, 0.2) is 0 Å². The van der Waals surface area contributed by atoms with E-state index in [0.29, 0.717) is 0 Å². The smallest absolute Gasteiger partial charge is 0.0786 e. The Bertz CT molecular complexity index is 1750. The molecule has 0 aliphatic heterocycles. The minimum Gasteiger partial charge on any atom is -0.339 e. The van der Waals surface area contributed by atoms with E-state index in [1.807, 2.05) is 12.4 Å². The number of rotatable bonds is 19. The van der Waals surface area contributed by atoms with E-state index < -0.39 is 0 Å². The summed E-state index contributed by atoms with van der Waals surface area (Å²) in [4.78, 5) is 12.8. The number of para-hydroxylation sites is 2. The quantitative estimate of drug-likeness (QED) is 0.0905. The number of unbranched alkanes of at least 4 members (excludes halogenated alkanes) is 8. The topological polar surface area (TPSA) is 64.9 Å². The van der Waals surface area contributed by atoms with E-state index in [4.69, 9.17) is 15.7 Å². The highest BCUT2D eigenvalue weighted by Crippen LogP contribution is 2.34. The summed E-state index contributed by atoms with van der Waals surface area (Å²) < 4.78 is 5.12. The second-order valence-corrected chi connectivity index (χ2v) is 13.3. The molecule has 4 heterocycles. The van der Waals surface area contributed by atoms with Crippen molar-refractivity contribution in [3.05, 3.63) is 84.4 Å². The van der Waals surface area contributed by atoms with Crippen LogP contribution in [0.3, 0.4) is 0 Å². The minimum absolute atomic E-state index is 0.748. The highest BCUT2D eigenvalue weighted by molar-refractivity contribution is 6.09. The van der Waals surface area contributed by atoms with Crippen molar-refractivity contribution in [3.8, 4) is 0 Å². The Balaban J connectivity index is 1.39. The Morgan fingerprint density at radius 3 is 1.53 bits per heavy atom. The average Bonchev–Trinajstić information content (AvgIpc) is 3.61. The lowest BCUT2D eigenvalue weighted by Crippen LogP contribution is -2.26. The third kappa shape index (κ3) is 7.39. The zero-order chi connectivity index (χ0) is 32.4. The molecule has 0 saturated heterocycles. The Morgan fingerprint density at radius 2 is 1.04 bits per heavy atom. The van der Waals surface area contributed by atoms with Gasteiger partial charge < -0.3 is 14.9 Å². The van der Waals surface area contributed by atoms with Gasteiger partial charge in [0.25, 0.3) is 0 Å². The molecule has 0 spiro atoms. The maximum absolute atomic E-state index is 5.90. The first-order valence-electron chi connectivity index (χ1n) is 18.4. The van der Waals surface area contributed by atoms with Crippen LogP contribution < -0.4 is 5.73 Å². The second-order valence-electron chi connectivity index (χ2n) is 13.3. The maximum atomic E-state index is 5.90. The maximum Gasteiger partial charge on any atom is 0.0786 e.